The molecule has 0 saturated heterocycles. The topological polar surface area (TPSA) is 73.2 Å². The van der Waals surface area contributed by atoms with Gasteiger partial charge in [0.1, 0.15) is 17.9 Å². The summed E-state index contributed by atoms with van der Waals surface area (Å²) in [6, 6.07) is 19.0. The summed E-state index contributed by atoms with van der Waals surface area (Å²) in [5, 5.41) is 4.92. The molecule has 7 nitrogen and oxygen atoms in total. The second-order valence-corrected chi connectivity index (χ2v) is 9.71. The van der Waals surface area contributed by atoms with Gasteiger partial charge in [-0.3, -0.25) is 0 Å². The third-order valence-electron chi connectivity index (χ3n) is 6.98. The van der Waals surface area contributed by atoms with E-state index >= 15 is 0 Å². The molecule has 8 heteroatoms. The lowest BCUT2D eigenvalue weighted by molar-refractivity contribution is 0.190. The Morgan fingerprint density at radius 3 is 2.55 bits per heavy atom. The Hall–Kier alpha value is -4.04. The van der Waals surface area contributed by atoms with Gasteiger partial charge < -0.3 is 28.8 Å². The summed E-state index contributed by atoms with van der Waals surface area (Å²) in [6.45, 7) is 4.97. The molecule has 2 heterocycles. The fraction of sp³-hybridized carbons (Fsp3) is 0.267. The number of hydrogen-bond donors (Lipinski definition) is 1. The molecule has 0 aliphatic carbocycles. The minimum absolute atomic E-state index is 0.192. The van der Waals surface area contributed by atoms with Crippen LogP contribution in [0.25, 0.3) is 11.0 Å². The lowest BCUT2D eigenvalue weighted by Gasteiger charge is -2.39. The second kappa shape index (κ2) is 10.8. The van der Waals surface area contributed by atoms with E-state index in [2.05, 4.69) is 10.2 Å². The van der Waals surface area contributed by atoms with E-state index < -0.39 is 0 Å². The van der Waals surface area contributed by atoms with Crippen LogP contribution < -0.4 is 25.2 Å². The maximum Gasteiger partial charge on any atom is 0.336 e. The molecule has 4 aromatic rings. The van der Waals surface area contributed by atoms with E-state index in [1.54, 1.807) is 20.3 Å². The van der Waals surface area contributed by atoms with Crippen molar-refractivity contribution in [2.24, 2.45) is 0 Å². The van der Waals surface area contributed by atoms with Gasteiger partial charge in [-0.05, 0) is 85.1 Å². The molecule has 0 amide bonds. The molecule has 1 unspecified atom stereocenters. The zero-order chi connectivity index (χ0) is 26.8. The summed E-state index contributed by atoms with van der Waals surface area (Å²) in [4.78, 5) is 14.1. The van der Waals surface area contributed by atoms with Crippen molar-refractivity contribution < 1.29 is 18.6 Å². The lowest BCUT2D eigenvalue weighted by atomic mass is 9.92. The quantitative estimate of drug-likeness (QED) is 0.248. The molecule has 1 aliphatic heterocycles. The van der Waals surface area contributed by atoms with E-state index in [4.69, 9.17) is 30.8 Å². The maximum atomic E-state index is 11.9. The van der Waals surface area contributed by atoms with Gasteiger partial charge in [0.05, 0.1) is 20.3 Å². The molecule has 0 fully saturated rings. The predicted molar refractivity (Wildman–Crippen MR) is 153 cm³/mol. The first-order valence-electron chi connectivity index (χ1n) is 12.4. The number of para-hydroxylation sites is 1. The monoisotopic (exact) mass is 530 g/mol. The number of nitrogens with zero attached hydrogens (tertiary/aromatic N) is 1. The fourth-order valence-corrected chi connectivity index (χ4v) is 5.25. The van der Waals surface area contributed by atoms with Crippen LogP contribution in [0.3, 0.4) is 0 Å². The average Bonchev–Trinajstić information content (AvgIpc) is 2.91. The van der Waals surface area contributed by atoms with Gasteiger partial charge in [-0.25, -0.2) is 4.79 Å². The molecular weight excluding hydrogens is 500 g/mol. The number of anilines is 1. The zero-order valence-corrected chi connectivity index (χ0v) is 22.7. The van der Waals surface area contributed by atoms with Gasteiger partial charge in [0, 0.05) is 29.8 Å². The van der Waals surface area contributed by atoms with Gasteiger partial charge in [-0.2, -0.15) is 0 Å². The minimum Gasteiger partial charge on any atom is -0.493 e. The molecule has 196 valence electrons. The SMILES string of the molecule is COc1cc2c(cc1OC)C(COc1ccc3c(C)cc(=O)oc3c1)N(C(=S)Nc1ccccc1C)CC2. The number of hydrogen-bond acceptors (Lipinski definition) is 6. The zero-order valence-electron chi connectivity index (χ0n) is 21.9. The van der Waals surface area contributed by atoms with E-state index in [9.17, 15) is 4.79 Å². The van der Waals surface area contributed by atoms with Crippen LogP contribution in [0, 0.1) is 13.8 Å². The highest BCUT2D eigenvalue weighted by Gasteiger charge is 2.31. The Kier molecular flexibility index (Phi) is 7.24. The van der Waals surface area contributed by atoms with Crippen molar-refractivity contribution in [1.82, 2.24) is 4.90 Å². The summed E-state index contributed by atoms with van der Waals surface area (Å²) in [5.41, 5.74) is 5.28. The molecule has 1 N–H and O–H groups in total. The molecule has 0 spiro atoms. The Labute approximate surface area is 226 Å². The molecule has 1 aromatic heterocycles. The summed E-state index contributed by atoms with van der Waals surface area (Å²) in [6.07, 6.45) is 0.794. The Balaban J connectivity index is 1.48. The normalized spacial score (nSPS) is 14.6. The molecule has 0 bridgehead atoms. The highest BCUT2D eigenvalue weighted by Crippen LogP contribution is 2.39. The van der Waals surface area contributed by atoms with Crippen molar-refractivity contribution in [1.29, 1.82) is 0 Å². The summed E-state index contributed by atoms with van der Waals surface area (Å²) in [5.74, 6) is 1.95. The van der Waals surface area contributed by atoms with E-state index in [-0.39, 0.29) is 11.7 Å². The summed E-state index contributed by atoms with van der Waals surface area (Å²) >= 11 is 5.91. The van der Waals surface area contributed by atoms with Crippen LogP contribution in [-0.4, -0.2) is 37.4 Å². The predicted octanol–water partition coefficient (Wildman–Crippen LogP) is 5.80. The first-order valence-corrected chi connectivity index (χ1v) is 12.8. The van der Waals surface area contributed by atoms with Gasteiger partial charge in [-0.15, -0.1) is 0 Å². The number of benzene rings is 3. The summed E-state index contributed by atoms with van der Waals surface area (Å²) < 4.78 is 22.9. The van der Waals surface area contributed by atoms with Crippen molar-refractivity contribution >= 4 is 34.0 Å². The highest BCUT2D eigenvalue weighted by atomic mass is 32.1. The molecule has 3 aromatic carbocycles. The van der Waals surface area contributed by atoms with E-state index in [1.165, 1.54) is 6.07 Å². The highest BCUT2D eigenvalue weighted by molar-refractivity contribution is 7.80. The van der Waals surface area contributed by atoms with Gasteiger partial charge in [-0.1, -0.05) is 18.2 Å². The third kappa shape index (κ3) is 5.04. The largest absolute Gasteiger partial charge is 0.493 e. The average molecular weight is 531 g/mol. The Bertz CT molecular complexity index is 1560. The van der Waals surface area contributed by atoms with E-state index in [0.717, 1.165) is 39.7 Å². The number of rotatable bonds is 6. The smallest absolute Gasteiger partial charge is 0.336 e. The molecule has 0 radical (unpaired) electrons. The van der Waals surface area contributed by atoms with Crippen LogP contribution in [0.15, 0.2) is 69.9 Å². The van der Waals surface area contributed by atoms with Crippen LogP contribution in [0.4, 0.5) is 5.69 Å². The molecule has 38 heavy (non-hydrogen) atoms. The van der Waals surface area contributed by atoms with E-state index in [1.807, 2.05) is 62.4 Å². The Morgan fingerprint density at radius 2 is 1.79 bits per heavy atom. The minimum atomic E-state index is -0.381. The number of fused-ring (bicyclic) bond motifs is 2. The number of thiocarbonyl (C=S) groups is 1. The first kappa shape index (κ1) is 25.6. The van der Waals surface area contributed by atoms with Gasteiger partial charge in [0.2, 0.25) is 0 Å². The van der Waals surface area contributed by atoms with Crippen molar-refractivity contribution in [2.75, 3.05) is 32.7 Å². The second-order valence-electron chi connectivity index (χ2n) is 9.33. The molecule has 5 rings (SSSR count). The molecular formula is C30H30N2O5S. The lowest BCUT2D eigenvalue weighted by Crippen LogP contribution is -2.44. The van der Waals surface area contributed by atoms with Gasteiger partial charge in [0.15, 0.2) is 16.6 Å². The standard InChI is InChI=1S/C30H30N2O5S/c1-18-7-5-6-8-24(18)31-30(38)32-12-11-20-14-27(34-3)28(35-4)16-23(20)25(32)17-36-21-9-10-22-19(2)13-29(33)37-26(22)15-21/h5-10,13-16,25H,11-12,17H2,1-4H3,(H,31,38). The fourth-order valence-electron chi connectivity index (χ4n) is 4.92. The van der Waals surface area contributed by atoms with Crippen molar-refractivity contribution in [3.05, 3.63) is 93.3 Å². The van der Waals surface area contributed by atoms with Crippen molar-refractivity contribution in [3.63, 3.8) is 0 Å². The number of ether oxygens (including phenoxy) is 3. The number of aryl methyl sites for hydroxylation is 2. The number of methoxy groups -OCH3 is 2. The summed E-state index contributed by atoms with van der Waals surface area (Å²) in [7, 11) is 3.27. The van der Waals surface area contributed by atoms with Crippen LogP contribution >= 0.6 is 12.2 Å². The first-order chi connectivity index (χ1) is 18.4. The number of nitrogens with one attached hydrogen (secondary N) is 1. The van der Waals surface area contributed by atoms with Crippen LogP contribution in [0.2, 0.25) is 0 Å². The Morgan fingerprint density at radius 1 is 1.03 bits per heavy atom. The van der Waals surface area contributed by atoms with Crippen LogP contribution in [0.5, 0.6) is 17.2 Å². The molecule has 1 aliphatic rings. The molecule has 0 saturated carbocycles. The van der Waals surface area contributed by atoms with Crippen molar-refractivity contribution in [3.8, 4) is 17.2 Å². The van der Waals surface area contributed by atoms with Crippen molar-refractivity contribution in [2.45, 2.75) is 26.3 Å². The van der Waals surface area contributed by atoms with E-state index in [0.29, 0.717) is 41.1 Å². The molecule has 1 atom stereocenters. The van der Waals surface area contributed by atoms with Gasteiger partial charge >= 0.3 is 5.63 Å². The maximum absolute atomic E-state index is 11.9. The third-order valence-corrected chi connectivity index (χ3v) is 7.32. The van der Waals surface area contributed by atoms with Crippen LogP contribution in [-0.2, 0) is 6.42 Å². The van der Waals surface area contributed by atoms with Gasteiger partial charge in [0.25, 0.3) is 0 Å². The van der Waals surface area contributed by atoms with Crippen LogP contribution in [0.1, 0.15) is 28.3 Å².